The van der Waals surface area contributed by atoms with Crippen LogP contribution in [-0.2, 0) is 0 Å². The number of nitrogens with one attached hydrogen (secondary N) is 2. The Bertz CT molecular complexity index is 369. The van der Waals surface area contributed by atoms with Gasteiger partial charge in [-0.1, -0.05) is 18.2 Å². The minimum atomic E-state index is -0.0633. The van der Waals surface area contributed by atoms with Crippen LogP contribution in [0.5, 0.6) is 0 Å². The van der Waals surface area contributed by atoms with Crippen LogP contribution in [0.1, 0.15) is 28.8 Å². The molecule has 1 amide bonds. The Hall–Kier alpha value is -1.64. The summed E-state index contributed by atoms with van der Waals surface area (Å²) in [4.78, 5) is 11.7. The molecule has 3 heteroatoms. The highest BCUT2D eigenvalue weighted by Crippen LogP contribution is 2.19. The predicted molar refractivity (Wildman–Crippen MR) is 54.8 cm³/mol. The quantitative estimate of drug-likeness (QED) is 0.695. The van der Waals surface area contributed by atoms with Crippen LogP contribution in [-0.4, -0.2) is 18.2 Å². The van der Waals surface area contributed by atoms with E-state index in [1.165, 1.54) is 6.21 Å². The molecule has 0 heterocycles. The predicted octanol–water partition coefficient (Wildman–Crippen LogP) is 1.58. The molecule has 0 radical (unpaired) electrons. The second-order valence-corrected chi connectivity index (χ2v) is 3.48. The van der Waals surface area contributed by atoms with Crippen molar-refractivity contribution in [2.24, 2.45) is 0 Å². The van der Waals surface area contributed by atoms with E-state index >= 15 is 0 Å². The van der Waals surface area contributed by atoms with E-state index in [0.717, 1.165) is 12.8 Å². The van der Waals surface area contributed by atoms with Gasteiger partial charge in [-0.3, -0.25) is 4.79 Å². The van der Waals surface area contributed by atoms with E-state index in [1.807, 2.05) is 12.1 Å². The van der Waals surface area contributed by atoms with E-state index in [2.05, 4.69) is 5.32 Å². The highest BCUT2D eigenvalue weighted by Gasteiger charge is 2.24. The molecular weight excluding hydrogens is 176 g/mol. The number of rotatable bonds is 3. The Kier molecular flexibility index (Phi) is 2.31. The fraction of sp³-hybridized carbons (Fsp3) is 0.273. The molecule has 0 atom stereocenters. The van der Waals surface area contributed by atoms with Gasteiger partial charge in [-0.15, -0.1) is 0 Å². The fourth-order valence-corrected chi connectivity index (χ4v) is 1.32. The molecule has 1 aromatic rings. The molecule has 0 spiro atoms. The third kappa shape index (κ3) is 1.82. The lowest BCUT2D eigenvalue weighted by Crippen LogP contribution is -2.26. The van der Waals surface area contributed by atoms with Gasteiger partial charge in [-0.25, -0.2) is 0 Å². The zero-order valence-electron chi connectivity index (χ0n) is 7.79. The topological polar surface area (TPSA) is 53.0 Å². The van der Waals surface area contributed by atoms with Crippen molar-refractivity contribution in [3.8, 4) is 0 Å². The first-order valence-corrected chi connectivity index (χ1v) is 4.71. The molecule has 0 unspecified atom stereocenters. The van der Waals surface area contributed by atoms with E-state index in [-0.39, 0.29) is 5.91 Å². The largest absolute Gasteiger partial charge is 0.349 e. The second kappa shape index (κ2) is 3.62. The Labute approximate surface area is 82.6 Å². The molecule has 1 fully saturated rings. The van der Waals surface area contributed by atoms with Crippen molar-refractivity contribution in [3.63, 3.8) is 0 Å². The summed E-state index contributed by atoms with van der Waals surface area (Å²) >= 11 is 0. The van der Waals surface area contributed by atoms with E-state index in [4.69, 9.17) is 5.41 Å². The van der Waals surface area contributed by atoms with Crippen molar-refractivity contribution in [2.75, 3.05) is 0 Å². The summed E-state index contributed by atoms with van der Waals surface area (Å²) in [7, 11) is 0. The van der Waals surface area contributed by atoms with Crippen molar-refractivity contribution in [2.45, 2.75) is 18.9 Å². The number of amides is 1. The number of carbonyl (C=O) groups excluding carboxylic acids is 1. The van der Waals surface area contributed by atoms with Crippen molar-refractivity contribution in [3.05, 3.63) is 35.4 Å². The molecule has 0 bridgehead atoms. The summed E-state index contributed by atoms with van der Waals surface area (Å²) in [5.74, 6) is -0.0633. The molecule has 1 saturated carbocycles. The number of hydrogen-bond acceptors (Lipinski definition) is 2. The van der Waals surface area contributed by atoms with E-state index < -0.39 is 0 Å². The molecule has 2 N–H and O–H groups in total. The van der Waals surface area contributed by atoms with Gasteiger partial charge >= 0.3 is 0 Å². The third-order valence-corrected chi connectivity index (χ3v) is 2.27. The molecule has 1 aromatic carbocycles. The summed E-state index contributed by atoms with van der Waals surface area (Å²) in [6.45, 7) is 0. The molecule has 1 aliphatic carbocycles. The lowest BCUT2D eigenvalue weighted by Gasteiger charge is -2.05. The van der Waals surface area contributed by atoms with Gasteiger partial charge < -0.3 is 10.7 Å². The highest BCUT2D eigenvalue weighted by molar-refractivity contribution is 6.02. The van der Waals surface area contributed by atoms with E-state index in [1.54, 1.807) is 12.1 Å². The lowest BCUT2D eigenvalue weighted by molar-refractivity contribution is 0.0951. The lowest BCUT2D eigenvalue weighted by atomic mass is 10.1. The van der Waals surface area contributed by atoms with E-state index in [9.17, 15) is 4.79 Å². The van der Waals surface area contributed by atoms with Crippen LogP contribution in [0.15, 0.2) is 24.3 Å². The van der Waals surface area contributed by atoms with Gasteiger partial charge in [0.15, 0.2) is 0 Å². The SMILES string of the molecule is N=Cc1ccccc1C(=O)NC1CC1. The van der Waals surface area contributed by atoms with Gasteiger partial charge in [0.2, 0.25) is 0 Å². The normalized spacial score (nSPS) is 14.9. The molecule has 2 rings (SSSR count). The molecular formula is C11H12N2O. The first-order chi connectivity index (χ1) is 6.81. The number of carbonyl (C=O) groups is 1. The zero-order chi connectivity index (χ0) is 9.97. The molecule has 0 aromatic heterocycles. The van der Waals surface area contributed by atoms with Gasteiger partial charge in [0, 0.05) is 23.4 Å². The zero-order valence-corrected chi connectivity index (χ0v) is 7.79. The van der Waals surface area contributed by atoms with Crippen LogP contribution in [0.2, 0.25) is 0 Å². The minimum Gasteiger partial charge on any atom is -0.349 e. The van der Waals surface area contributed by atoms with Gasteiger partial charge in [-0.05, 0) is 18.9 Å². The first-order valence-electron chi connectivity index (χ1n) is 4.71. The second-order valence-electron chi connectivity index (χ2n) is 3.48. The molecule has 1 aliphatic rings. The van der Waals surface area contributed by atoms with Gasteiger partial charge in [0.1, 0.15) is 0 Å². The van der Waals surface area contributed by atoms with Crippen molar-refractivity contribution in [1.29, 1.82) is 5.41 Å². The maximum atomic E-state index is 11.7. The molecule has 3 nitrogen and oxygen atoms in total. The molecule has 72 valence electrons. The maximum Gasteiger partial charge on any atom is 0.252 e. The van der Waals surface area contributed by atoms with Crippen LogP contribution in [0, 0.1) is 5.41 Å². The van der Waals surface area contributed by atoms with Gasteiger partial charge in [0.05, 0.1) is 0 Å². The number of benzene rings is 1. The molecule has 0 aliphatic heterocycles. The summed E-state index contributed by atoms with van der Waals surface area (Å²) in [6, 6.07) is 7.52. The summed E-state index contributed by atoms with van der Waals surface area (Å²) < 4.78 is 0. The van der Waals surface area contributed by atoms with Crippen LogP contribution < -0.4 is 5.32 Å². The first kappa shape index (κ1) is 8.94. The molecule has 0 saturated heterocycles. The van der Waals surface area contributed by atoms with E-state index in [0.29, 0.717) is 17.2 Å². The maximum absolute atomic E-state index is 11.7. The van der Waals surface area contributed by atoms with Crippen LogP contribution in [0.3, 0.4) is 0 Å². The Morgan fingerprint density at radius 1 is 1.43 bits per heavy atom. The average Bonchev–Trinajstić information content (AvgIpc) is 3.01. The van der Waals surface area contributed by atoms with Crippen molar-refractivity contribution < 1.29 is 4.79 Å². The van der Waals surface area contributed by atoms with Crippen molar-refractivity contribution >= 4 is 12.1 Å². The van der Waals surface area contributed by atoms with Gasteiger partial charge in [0.25, 0.3) is 5.91 Å². The van der Waals surface area contributed by atoms with Crippen LogP contribution in [0.25, 0.3) is 0 Å². The minimum absolute atomic E-state index is 0.0633. The Balaban J connectivity index is 2.20. The smallest absolute Gasteiger partial charge is 0.252 e. The van der Waals surface area contributed by atoms with Crippen molar-refractivity contribution in [1.82, 2.24) is 5.32 Å². The monoisotopic (exact) mass is 188 g/mol. The number of hydrogen-bond donors (Lipinski definition) is 2. The highest BCUT2D eigenvalue weighted by atomic mass is 16.1. The van der Waals surface area contributed by atoms with Gasteiger partial charge in [-0.2, -0.15) is 0 Å². The standard InChI is InChI=1S/C11H12N2O/c12-7-8-3-1-2-4-10(8)11(14)13-9-5-6-9/h1-4,7,9,12H,5-6H2,(H,13,14). The summed E-state index contributed by atoms with van der Waals surface area (Å²) in [6.07, 6.45) is 3.37. The van der Waals surface area contributed by atoms with Crippen LogP contribution in [0.4, 0.5) is 0 Å². The summed E-state index contributed by atoms with van der Waals surface area (Å²) in [5, 5.41) is 10.1. The molecule has 14 heavy (non-hydrogen) atoms. The summed E-state index contributed by atoms with van der Waals surface area (Å²) in [5.41, 5.74) is 1.26. The van der Waals surface area contributed by atoms with Crippen LogP contribution >= 0.6 is 0 Å². The fourth-order valence-electron chi connectivity index (χ4n) is 1.32. The average molecular weight is 188 g/mol. The Morgan fingerprint density at radius 3 is 2.79 bits per heavy atom. The Morgan fingerprint density at radius 2 is 2.14 bits per heavy atom. The third-order valence-electron chi connectivity index (χ3n) is 2.27.